The lowest BCUT2D eigenvalue weighted by Crippen LogP contribution is -2.37. The number of benzene rings is 2. The largest absolute Gasteiger partial charge is 0.310 e. The quantitative estimate of drug-likeness (QED) is 0.573. The molecule has 0 saturated carbocycles. The molecule has 0 fully saturated rings. The topological polar surface area (TPSA) is 87.7 Å². The first kappa shape index (κ1) is 19.6. The Morgan fingerprint density at radius 2 is 1.93 bits per heavy atom. The lowest BCUT2D eigenvalue weighted by molar-refractivity contribution is -0.117. The van der Waals surface area contributed by atoms with Crippen LogP contribution in [0.5, 0.6) is 0 Å². The number of thioether (sulfide) groups is 1. The van der Waals surface area contributed by atoms with Crippen molar-refractivity contribution in [3.05, 3.63) is 60.2 Å². The Morgan fingerprint density at radius 3 is 2.61 bits per heavy atom. The minimum atomic E-state index is -0.422. The number of aromatic nitrogens is 4. The van der Waals surface area contributed by atoms with Gasteiger partial charge in [0.2, 0.25) is 11.1 Å². The standard InChI is InChI=1S/C20H20N6OS/c1-15-9-11-18(12-10-15)26-20(22-23-24-26)28-16(2)19(27)25(14-6-13-21)17-7-4-3-5-8-17/h3-5,7-12,16H,6,14H2,1-2H3/t16-/m1/s1. The van der Waals surface area contributed by atoms with Gasteiger partial charge in [0.05, 0.1) is 23.4 Å². The molecular formula is C20H20N6OS. The second kappa shape index (κ2) is 9.15. The number of nitriles is 1. The van der Waals surface area contributed by atoms with Crippen LogP contribution in [-0.2, 0) is 4.79 Å². The van der Waals surface area contributed by atoms with Gasteiger partial charge in [-0.2, -0.15) is 9.94 Å². The number of aryl methyl sites for hydroxylation is 1. The van der Waals surface area contributed by atoms with Crippen molar-refractivity contribution in [1.82, 2.24) is 20.2 Å². The van der Waals surface area contributed by atoms with E-state index in [2.05, 4.69) is 21.6 Å². The lowest BCUT2D eigenvalue weighted by Gasteiger charge is -2.24. The molecule has 3 rings (SSSR count). The third kappa shape index (κ3) is 4.56. The normalized spacial score (nSPS) is 11.6. The van der Waals surface area contributed by atoms with E-state index in [1.165, 1.54) is 11.8 Å². The average molecular weight is 392 g/mol. The molecule has 1 amide bonds. The Kier molecular flexibility index (Phi) is 6.40. The first-order chi connectivity index (χ1) is 13.6. The summed E-state index contributed by atoms with van der Waals surface area (Å²) in [6.07, 6.45) is 0.263. The number of hydrogen-bond donors (Lipinski definition) is 0. The van der Waals surface area contributed by atoms with E-state index in [1.807, 2.05) is 68.4 Å². The maximum absolute atomic E-state index is 13.1. The highest BCUT2D eigenvalue weighted by molar-refractivity contribution is 8.00. The summed E-state index contributed by atoms with van der Waals surface area (Å²) in [4.78, 5) is 14.7. The molecule has 0 radical (unpaired) electrons. The Bertz CT molecular complexity index is 964. The molecule has 7 nitrogen and oxygen atoms in total. The first-order valence-electron chi connectivity index (χ1n) is 8.85. The van der Waals surface area contributed by atoms with Crippen LogP contribution in [-0.4, -0.2) is 37.9 Å². The van der Waals surface area contributed by atoms with Crippen LogP contribution in [0.3, 0.4) is 0 Å². The summed E-state index contributed by atoms with van der Waals surface area (Å²) in [7, 11) is 0. The number of tetrazole rings is 1. The maximum atomic E-state index is 13.1. The molecule has 1 aromatic heterocycles. The van der Waals surface area contributed by atoms with Crippen LogP contribution >= 0.6 is 11.8 Å². The van der Waals surface area contributed by atoms with Crippen molar-refractivity contribution in [2.75, 3.05) is 11.4 Å². The number of anilines is 1. The Labute approximate surface area is 168 Å². The minimum Gasteiger partial charge on any atom is -0.310 e. The average Bonchev–Trinajstić information content (AvgIpc) is 3.17. The zero-order valence-electron chi connectivity index (χ0n) is 15.7. The fraction of sp³-hybridized carbons (Fsp3) is 0.250. The lowest BCUT2D eigenvalue weighted by atomic mass is 10.2. The summed E-state index contributed by atoms with van der Waals surface area (Å²) >= 11 is 1.29. The summed E-state index contributed by atoms with van der Waals surface area (Å²) in [5.41, 5.74) is 2.75. The molecule has 0 N–H and O–H groups in total. The van der Waals surface area contributed by atoms with Gasteiger partial charge in [-0.05, 0) is 48.5 Å². The molecule has 0 unspecified atom stereocenters. The SMILES string of the molecule is Cc1ccc(-n2nnnc2S[C@H](C)C(=O)N(CCC#N)c2ccccc2)cc1. The van der Waals surface area contributed by atoms with Crippen molar-refractivity contribution in [1.29, 1.82) is 5.26 Å². The molecule has 0 saturated heterocycles. The van der Waals surface area contributed by atoms with Crippen molar-refractivity contribution in [3.8, 4) is 11.8 Å². The van der Waals surface area contributed by atoms with Gasteiger partial charge in [0.1, 0.15) is 0 Å². The Morgan fingerprint density at radius 1 is 1.21 bits per heavy atom. The summed E-state index contributed by atoms with van der Waals surface area (Å²) in [5, 5.41) is 20.9. The maximum Gasteiger partial charge on any atom is 0.240 e. The monoisotopic (exact) mass is 392 g/mol. The molecule has 0 spiro atoms. The highest BCUT2D eigenvalue weighted by Crippen LogP contribution is 2.26. The van der Waals surface area contributed by atoms with Crippen molar-refractivity contribution in [2.24, 2.45) is 0 Å². The van der Waals surface area contributed by atoms with Crippen LogP contribution in [0.15, 0.2) is 59.8 Å². The second-order valence-corrected chi connectivity index (χ2v) is 7.51. The van der Waals surface area contributed by atoms with E-state index in [-0.39, 0.29) is 12.3 Å². The highest BCUT2D eigenvalue weighted by Gasteiger charge is 2.25. The fourth-order valence-electron chi connectivity index (χ4n) is 2.66. The molecule has 142 valence electrons. The molecule has 1 atom stereocenters. The van der Waals surface area contributed by atoms with Crippen LogP contribution in [0.1, 0.15) is 18.9 Å². The number of hydrogen-bond acceptors (Lipinski definition) is 6. The Balaban J connectivity index is 1.79. The molecule has 0 aliphatic rings. The second-order valence-electron chi connectivity index (χ2n) is 6.20. The van der Waals surface area contributed by atoms with Gasteiger partial charge in [-0.25, -0.2) is 0 Å². The van der Waals surface area contributed by atoms with Gasteiger partial charge in [-0.15, -0.1) is 5.10 Å². The summed E-state index contributed by atoms with van der Waals surface area (Å²) < 4.78 is 1.62. The van der Waals surface area contributed by atoms with E-state index in [9.17, 15) is 4.79 Å². The number of para-hydroxylation sites is 1. The minimum absolute atomic E-state index is 0.0927. The molecule has 0 aliphatic carbocycles. The molecular weight excluding hydrogens is 372 g/mol. The van der Waals surface area contributed by atoms with Crippen LogP contribution in [0.25, 0.3) is 5.69 Å². The van der Waals surface area contributed by atoms with Gasteiger partial charge in [-0.3, -0.25) is 4.79 Å². The summed E-state index contributed by atoms with van der Waals surface area (Å²) in [6, 6.07) is 19.3. The zero-order valence-corrected chi connectivity index (χ0v) is 16.5. The zero-order chi connectivity index (χ0) is 19.9. The number of carbonyl (C=O) groups is 1. The molecule has 3 aromatic rings. The van der Waals surface area contributed by atoms with Gasteiger partial charge in [0.25, 0.3) is 0 Å². The van der Waals surface area contributed by atoms with Crippen molar-refractivity contribution >= 4 is 23.4 Å². The van der Waals surface area contributed by atoms with E-state index < -0.39 is 5.25 Å². The number of carbonyl (C=O) groups excluding carboxylic acids is 1. The molecule has 0 aliphatic heterocycles. The van der Waals surface area contributed by atoms with Crippen LogP contribution < -0.4 is 4.90 Å². The Hall–Kier alpha value is -3.18. The summed E-state index contributed by atoms with van der Waals surface area (Å²) in [6.45, 7) is 4.18. The molecule has 28 heavy (non-hydrogen) atoms. The fourth-order valence-corrected chi connectivity index (χ4v) is 3.53. The molecule has 2 aromatic carbocycles. The smallest absolute Gasteiger partial charge is 0.240 e. The summed E-state index contributed by atoms with van der Waals surface area (Å²) in [5.74, 6) is -0.0927. The molecule has 1 heterocycles. The third-order valence-corrected chi connectivity index (χ3v) is 5.15. The van der Waals surface area contributed by atoms with Crippen LogP contribution in [0, 0.1) is 18.3 Å². The molecule has 8 heteroatoms. The number of nitrogens with zero attached hydrogens (tertiary/aromatic N) is 6. The number of rotatable bonds is 7. The van der Waals surface area contributed by atoms with E-state index in [4.69, 9.17) is 5.26 Å². The third-order valence-electron chi connectivity index (χ3n) is 4.13. The van der Waals surface area contributed by atoms with Crippen LogP contribution in [0.4, 0.5) is 5.69 Å². The van der Waals surface area contributed by atoms with Gasteiger partial charge in [0, 0.05) is 12.2 Å². The van der Waals surface area contributed by atoms with E-state index in [0.717, 1.165) is 16.9 Å². The predicted molar refractivity (Wildman–Crippen MR) is 108 cm³/mol. The van der Waals surface area contributed by atoms with Gasteiger partial charge < -0.3 is 4.90 Å². The van der Waals surface area contributed by atoms with Gasteiger partial charge in [-0.1, -0.05) is 47.7 Å². The van der Waals surface area contributed by atoms with E-state index >= 15 is 0 Å². The molecule has 0 bridgehead atoms. The van der Waals surface area contributed by atoms with E-state index in [0.29, 0.717) is 11.7 Å². The first-order valence-corrected chi connectivity index (χ1v) is 9.73. The van der Waals surface area contributed by atoms with Crippen molar-refractivity contribution in [3.63, 3.8) is 0 Å². The van der Waals surface area contributed by atoms with Crippen molar-refractivity contribution < 1.29 is 4.79 Å². The van der Waals surface area contributed by atoms with E-state index in [1.54, 1.807) is 9.58 Å². The van der Waals surface area contributed by atoms with Crippen LogP contribution in [0.2, 0.25) is 0 Å². The van der Waals surface area contributed by atoms with Gasteiger partial charge in [0.15, 0.2) is 0 Å². The predicted octanol–water partition coefficient (Wildman–Crippen LogP) is 3.40. The van der Waals surface area contributed by atoms with Gasteiger partial charge >= 0.3 is 0 Å². The number of amides is 1. The van der Waals surface area contributed by atoms with Crippen molar-refractivity contribution in [2.45, 2.75) is 30.7 Å². The highest BCUT2D eigenvalue weighted by atomic mass is 32.2.